The minimum Gasteiger partial charge on any atom is -0.372 e. The molecule has 0 aromatic carbocycles. The fraction of sp³-hybridized carbons (Fsp3) is 1.00. The molecule has 0 aromatic heterocycles. The van der Waals surface area contributed by atoms with Gasteiger partial charge in [-0.3, -0.25) is 0 Å². The van der Waals surface area contributed by atoms with Crippen molar-refractivity contribution in [1.82, 2.24) is 5.32 Å². The normalized spacial score (nSPS) is 32.0. The van der Waals surface area contributed by atoms with Gasteiger partial charge in [-0.05, 0) is 31.6 Å². The van der Waals surface area contributed by atoms with E-state index in [-0.39, 0.29) is 5.60 Å². The zero-order valence-electron chi connectivity index (χ0n) is 10.2. The van der Waals surface area contributed by atoms with E-state index < -0.39 is 0 Å². The second-order valence-electron chi connectivity index (χ2n) is 5.10. The van der Waals surface area contributed by atoms with E-state index in [0.29, 0.717) is 6.04 Å². The minimum atomic E-state index is 0.132. The van der Waals surface area contributed by atoms with Crippen molar-refractivity contribution in [3.63, 3.8) is 0 Å². The number of hydrogen-bond acceptors (Lipinski definition) is 2. The lowest BCUT2D eigenvalue weighted by Gasteiger charge is -2.46. The van der Waals surface area contributed by atoms with E-state index in [4.69, 9.17) is 4.74 Å². The highest BCUT2D eigenvalue weighted by Gasteiger charge is 2.43. The summed E-state index contributed by atoms with van der Waals surface area (Å²) >= 11 is 0. The third kappa shape index (κ3) is 2.07. The molecule has 1 unspecified atom stereocenters. The van der Waals surface area contributed by atoms with Crippen LogP contribution in [0.2, 0.25) is 0 Å². The molecule has 88 valence electrons. The van der Waals surface area contributed by atoms with E-state index in [1.54, 1.807) is 0 Å². The molecule has 1 saturated carbocycles. The monoisotopic (exact) mass is 211 g/mol. The van der Waals surface area contributed by atoms with Gasteiger partial charge >= 0.3 is 0 Å². The maximum atomic E-state index is 6.13. The van der Waals surface area contributed by atoms with Gasteiger partial charge in [0, 0.05) is 12.6 Å². The Morgan fingerprint density at radius 2 is 1.87 bits per heavy atom. The summed E-state index contributed by atoms with van der Waals surface area (Å²) < 4.78 is 6.13. The van der Waals surface area contributed by atoms with Gasteiger partial charge in [0.2, 0.25) is 0 Å². The maximum Gasteiger partial charge on any atom is 0.0832 e. The van der Waals surface area contributed by atoms with Gasteiger partial charge in [0.25, 0.3) is 0 Å². The third-order valence-electron chi connectivity index (χ3n) is 4.49. The molecule has 1 aliphatic carbocycles. The maximum absolute atomic E-state index is 6.13. The van der Waals surface area contributed by atoms with Crippen LogP contribution in [0.1, 0.15) is 52.4 Å². The Bertz CT molecular complexity index is 195. The molecule has 2 aliphatic rings. The smallest absolute Gasteiger partial charge is 0.0832 e. The Kier molecular flexibility index (Phi) is 3.68. The molecule has 0 aromatic rings. The lowest BCUT2D eigenvalue weighted by molar-refractivity contribution is -0.114. The van der Waals surface area contributed by atoms with E-state index in [0.717, 1.165) is 31.9 Å². The first-order chi connectivity index (χ1) is 7.32. The largest absolute Gasteiger partial charge is 0.372 e. The fourth-order valence-electron chi connectivity index (χ4n) is 3.53. The van der Waals surface area contributed by atoms with Crippen LogP contribution in [0.15, 0.2) is 0 Å². The summed E-state index contributed by atoms with van der Waals surface area (Å²) in [6.45, 7) is 6.49. The Balaban J connectivity index is 2.10. The van der Waals surface area contributed by atoms with Crippen LogP contribution in [0.5, 0.6) is 0 Å². The molecular weight excluding hydrogens is 186 g/mol. The summed E-state index contributed by atoms with van der Waals surface area (Å²) in [5.41, 5.74) is 0.132. The molecule has 2 rings (SSSR count). The Morgan fingerprint density at radius 3 is 2.47 bits per heavy atom. The Morgan fingerprint density at radius 1 is 1.20 bits per heavy atom. The summed E-state index contributed by atoms with van der Waals surface area (Å²) in [5.74, 6) is 0.866. The number of hydrogen-bond donors (Lipinski definition) is 1. The highest BCUT2D eigenvalue weighted by Crippen LogP contribution is 2.38. The number of morpholine rings is 1. The highest BCUT2D eigenvalue weighted by atomic mass is 16.5. The minimum absolute atomic E-state index is 0.132. The first-order valence-electron chi connectivity index (χ1n) is 6.69. The van der Waals surface area contributed by atoms with Gasteiger partial charge < -0.3 is 10.1 Å². The molecule has 15 heavy (non-hydrogen) atoms. The van der Waals surface area contributed by atoms with Crippen LogP contribution >= 0.6 is 0 Å². The van der Waals surface area contributed by atoms with Gasteiger partial charge in [-0.2, -0.15) is 0 Å². The van der Waals surface area contributed by atoms with Crippen LogP contribution in [0.3, 0.4) is 0 Å². The fourth-order valence-corrected chi connectivity index (χ4v) is 3.53. The molecule has 2 heteroatoms. The van der Waals surface area contributed by atoms with E-state index in [9.17, 15) is 0 Å². The zero-order valence-corrected chi connectivity index (χ0v) is 10.2. The highest BCUT2D eigenvalue weighted by molar-refractivity contribution is 4.98. The van der Waals surface area contributed by atoms with Crippen molar-refractivity contribution in [2.75, 3.05) is 13.2 Å². The van der Waals surface area contributed by atoms with Crippen molar-refractivity contribution in [2.24, 2.45) is 5.92 Å². The van der Waals surface area contributed by atoms with Crippen LogP contribution < -0.4 is 5.32 Å². The topological polar surface area (TPSA) is 21.3 Å². The van der Waals surface area contributed by atoms with Crippen molar-refractivity contribution in [2.45, 2.75) is 64.0 Å². The zero-order chi connectivity index (χ0) is 10.7. The van der Waals surface area contributed by atoms with Gasteiger partial charge in [0.1, 0.15) is 0 Å². The van der Waals surface area contributed by atoms with Crippen LogP contribution in [0.4, 0.5) is 0 Å². The predicted molar refractivity (Wildman–Crippen MR) is 63.0 cm³/mol. The lowest BCUT2D eigenvalue weighted by atomic mass is 9.79. The van der Waals surface area contributed by atoms with Crippen LogP contribution in [0.25, 0.3) is 0 Å². The predicted octanol–water partition coefficient (Wildman–Crippen LogP) is 2.72. The molecule has 0 bridgehead atoms. The molecule has 0 spiro atoms. The summed E-state index contributed by atoms with van der Waals surface area (Å²) in [6, 6.07) is 0.615. The van der Waals surface area contributed by atoms with Crippen molar-refractivity contribution in [3.8, 4) is 0 Å². The molecule has 2 fully saturated rings. The van der Waals surface area contributed by atoms with Gasteiger partial charge in [0.15, 0.2) is 0 Å². The van der Waals surface area contributed by atoms with E-state index in [1.807, 2.05) is 0 Å². The second kappa shape index (κ2) is 4.84. The van der Waals surface area contributed by atoms with Crippen LogP contribution in [-0.4, -0.2) is 24.8 Å². The molecule has 1 saturated heterocycles. The van der Waals surface area contributed by atoms with E-state index >= 15 is 0 Å². The quantitative estimate of drug-likeness (QED) is 0.775. The second-order valence-corrected chi connectivity index (χ2v) is 5.10. The van der Waals surface area contributed by atoms with Crippen molar-refractivity contribution in [3.05, 3.63) is 0 Å². The number of ether oxygens (including phenoxy) is 1. The summed E-state index contributed by atoms with van der Waals surface area (Å²) in [5, 5.41) is 3.73. The van der Waals surface area contributed by atoms with Gasteiger partial charge in [-0.1, -0.05) is 26.7 Å². The van der Waals surface area contributed by atoms with E-state index in [2.05, 4.69) is 19.2 Å². The van der Waals surface area contributed by atoms with Crippen molar-refractivity contribution in [1.29, 1.82) is 0 Å². The molecular formula is C13H25NO. The van der Waals surface area contributed by atoms with Crippen molar-refractivity contribution < 1.29 is 4.74 Å². The molecule has 1 N–H and O–H groups in total. The average Bonchev–Trinajstić information content (AvgIpc) is 2.82. The number of nitrogens with one attached hydrogen (secondary N) is 1. The summed E-state index contributed by atoms with van der Waals surface area (Å²) in [6.07, 6.45) is 7.96. The Labute approximate surface area is 93.8 Å². The summed E-state index contributed by atoms with van der Waals surface area (Å²) in [7, 11) is 0. The van der Waals surface area contributed by atoms with E-state index in [1.165, 1.54) is 25.7 Å². The molecule has 1 heterocycles. The first kappa shape index (κ1) is 11.4. The standard InChI is InChI=1S/C13H25NO/c1-3-13(4-2)12(14-9-10-15-13)11-7-5-6-8-11/h11-12,14H,3-10H2,1-2H3. The van der Waals surface area contributed by atoms with Gasteiger partial charge in [-0.25, -0.2) is 0 Å². The molecule has 1 atom stereocenters. The van der Waals surface area contributed by atoms with Crippen LogP contribution in [-0.2, 0) is 4.74 Å². The molecule has 2 nitrogen and oxygen atoms in total. The average molecular weight is 211 g/mol. The van der Waals surface area contributed by atoms with Crippen molar-refractivity contribution >= 4 is 0 Å². The lowest BCUT2D eigenvalue weighted by Crippen LogP contribution is -2.60. The van der Waals surface area contributed by atoms with Gasteiger partial charge in [-0.15, -0.1) is 0 Å². The number of rotatable bonds is 3. The molecule has 1 aliphatic heterocycles. The molecule has 0 amide bonds. The molecule has 0 radical (unpaired) electrons. The Hall–Kier alpha value is -0.0800. The first-order valence-corrected chi connectivity index (χ1v) is 6.69. The SMILES string of the molecule is CCC1(CC)OCCNC1C1CCCC1. The van der Waals surface area contributed by atoms with Gasteiger partial charge in [0.05, 0.1) is 12.2 Å². The third-order valence-corrected chi connectivity index (χ3v) is 4.49. The van der Waals surface area contributed by atoms with Crippen LogP contribution in [0, 0.1) is 5.92 Å². The summed E-state index contributed by atoms with van der Waals surface area (Å²) in [4.78, 5) is 0.